The molecule has 5 heteroatoms. The van der Waals surface area contributed by atoms with Crippen LogP contribution in [0.5, 0.6) is 0 Å². The Labute approximate surface area is 113 Å². The predicted octanol–water partition coefficient (Wildman–Crippen LogP) is 0.260. The summed E-state index contributed by atoms with van der Waals surface area (Å²) in [6.07, 6.45) is 5.22. The maximum atomic E-state index is 12.3. The van der Waals surface area contributed by atoms with Gasteiger partial charge in [0.15, 0.2) is 0 Å². The van der Waals surface area contributed by atoms with E-state index in [0.29, 0.717) is 18.3 Å². The van der Waals surface area contributed by atoms with Crippen molar-refractivity contribution in [1.82, 2.24) is 4.90 Å². The number of nitrogens with zero attached hydrogens (tertiary/aromatic N) is 1. The highest BCUT2D eigenvalue weighted by atomic mass is 16.3. The van der Waals surface area contributed by atoms with E-state index in [4.69, 9.17) is 5.73 Å². The molecule has 1 saturated heterocycles. The van der Waals surface area contributed by atoms with Crippen LogP contribution in [-0.2, 0) is 9.59 Å². The Balaban J connectivity index is 1.62. The topological polar surface area (TPSA) is 83.6 Å². The lowest BCUT2D eigenvalue weighted by Crippen LogP contribution is -2.44. The van der Waals surface area contributed by atoms with E-state index in [1.807, 2.05) is 0 Å². The molecule has 2 amide bonds. The Hall–Kier alpha value is -1.10. The predicted molar refractivity (Wildman–Crippen MR) is 68.9 cm³/mol. The van der Waals surface area contributed by atoms with E-state index in [-0.39, 0.29) is 18.9 Å². The fourth-order valence-corrected chi connectivity index (χ4v) is 4.33. The minimum absolute atomic E-state index is 0.00194. The minimum Gasteiger partial charge on any atom is -0.391 e. The summed E-state index contributed by atoms with van der Waals surface area (Å²) in [5.41, 5.74) is 5.31. The summed E-state index contributed by atoms with van der Waals surface area (Å²) in [6.45, 7) is 0.257. The first kappa shape index (κ1) is 12.9. The molecule has 3 unspecified atom stereocenters. The van der Waals surface area contributed by atoms with E-state index < -0.39 is 18.1 Å². The molecule has 0 aromatic carbocycles. The molecular weight excluding hydrogens is 244 g/mol. The van der Waals surface area contributed by atoms with Gasteiger partial charge in [0.05, 0.1) is 6.10 Å². The number of aliphatic hydroxyl groups excluding tert-OH is 1. The highest BCUT2D eigenvalue weighted by Crippen LogP contribution is 2.49. The van der Waals surface area contributed by atoms with Crippen molar-refractivity contribution < 1.29 is 14.7 Å². The Morgan fingerprint density at radius 2 is 2.00 bits per heavy atom. The summed E-state index contributed by atoms with van der Waals surface area (Å²) in [5, 5.41) is 9.63. The number of hydrogen-bond donors (Lipinski definition) is 2. The molecule has 1 heterocycles. The molecule has 0 aromatic heterocycles. The minimum atomic E-state index is -0.610. The number of rotatable bonds is 3. The zero-order valence-corrected chi connectivity index (χ0v) is 11.1. The first-order chi connectivity index (χ1) is 9.04. The first-order valence-electron chi connectivity index (χ1n) is 7.31. The SMILES string of the molecule is NC(=O)[C@@H]1C[C@@H](O)CN1C(=O)CC1CC2CCC1C2. The van der Waals surface area contributed by atoms with Crippen LogP contribution in [0.4, 0.5) is 0 Å². The van der Waals surface area contributed by atoms with Crippen LogP contribution >= 0.6 is 0 Å². The fraction of sp³-hybridized carbons (Fsp3) is 0.857. The van der Waals surface area contributed by atoms with E-state index in [1.54, 1.807) is 0 Å². The number of hydrogen-bond acceptors (Lipinski definition) is 3. The summed E-state index contributed by atoms with van der Waals surface area (Å²) in [6, 6.07) is -0.610. The van der Waals surface area contributed by atoms with Gasteiger partial charge >= 0.3 is 0 Å². The quantitative estimate of drug-likeness (QED) is 0.768. The number of aliphatic hydroxyl groups is 1. The maximum Gasteiger partial charge on any atom is 0.240 e. The standard InChI is InChI=1S/C14H22N2O3/c15-14(19)12-6-11(17)7-16(12)13(18)5-10-4-8-1-2-9(10)3-8/h8-12,17H,1-7H2,(H2,15,19)/t8?,9?,10?,11-,12+/m1/s1. The zero-order valence-electron chi connectivity index (χ0n) is 11.1. The molecule has 2 saturated carbocycles. The van der Waals surface area contributed by atoms with Crippen LogP contribution in [0.1, 0.15) is 38.5 Å². The molecular formula is C14H22N2O3. The number of β-amino-alcohol motifs (C(OH)–C–C–N with tert-alkyl or cyclic N) is 1. The van der Waals surface area contributed by atoms with Crippen molar-refractivity contribution in [3.63, 3.8) is 0 Å². The van der Waals surface area contributed by atoms with Crippen LogP contribution in [0.15, 0.2) is 0 Å². The smallest absolute Gasteiger partial charge is 0.240 e. The summed E-state index contributed by atoms with van der Waals surface area (Å²) in [7, 11) is 0. The lowest BCUT2D eigenvalue weighted by atomic mass is 9.86. The van der Waals surface area contributed by atoms with Crippen LogP contribution in [0.3, 0.4) is 0 Å². The van der Waals surface area contributed by atoms with Gasteiger partial charge in [0.1, 0.15) is 6.04 Å². The molecule has 2 bridgehead atoms. The maximum absolute atomic E-state index is 12.3. The molecule has 0 aromatic rings. The van der Waals surface area contributed by atoms with Gasteiger partial charge in [-0.1, -0.05) is 6.42 Å². The van der Waals surface area contributed by atoms with Crippen LogP contribution in [0, 0.1) is 17.8 Å². The van der Waals surface area contributed by atoms with Gasteiger partial charge in [-0.05, 0) is 37.0 Å². The van der Waals surface area contributed by atoms with Gasteiger partial charge in [0.25, 0.3) is 0 Å². The molecule has 1 aliphatic heterocycles. The average Bonchev–Trinajstić information content (AvgIpc) is 3.02. The van der Waals surface area contributed by atoms with E-state index in [2.05, 4.69) is 0 Å². The third-order valence-corrected chi connectivity index (χ3v) is 5.25. The molecule has 0 spiro atoms. The molecule has 3 N–H and O–H groups in total. The van der Waals surface area contributed by atoms with E-state index in [9.17, 15) is 14.7 Å². The van der Waals surface area contributed by atoms with Gasteiger partial charge in [-0.15, -0.1) is 0 Å². The summed E-state index contributed by atoms with van der Waals surface area (Å²) >= 11 is 0. The van der Waals surface area contributed by atoms with Crippen LogP contribution in [0.2, 0.25) is 0 Å². The summed E-state index contributed by atoms with van der Waals surface area (Å²) < 4.78 is 0. The monoisotopic (exact) mass is 266 g/mol. The lowest BCUT2D eigenvalue weighted by molar-refractivity contribution is -0.138. The third-order valence-electron chi connectivity index (χ3n) is 5.25. The second kappa shape index (κ2) is 4.78. The Bertz CT molecular complexity index is 398. The Morgan fingerprint density at radius 3 is 2.58 bits per heavy atom. The van der Waals surface area contributed by atoms with Crippen molar-refractivity contribution in [3.8, 4) is 0 Å². The molecule has 2 aliphatic carbocycles. The molecule has 3 fully saturated rings. The fourth-order valence-electron chi connectivity index (χ4n) is 4.33. The van der Waals surface area contributed by atoms with Crippen LogP contribution < -0.4 is 5.73 Å². The van der Waals surface area contributed by atoms with E-state index in [1.165, 1.54) is 24.2 Å². The van der Waals surface area contributed by atoms with Gasteiger partial charge in [-0.3, -0.25) is 9.59 Å². The van der Waals surface area contributed by atoms with Crippen molar-refractivity contribution in [2.45, 2.75) is 50.7 Å². The number of nitrogens with two attached hydrogens (primary N) is 1. The van der Waals surface area contributed by atoms with Crippen molar-refractivity contribution in [1.29, 1.82) is 0 Å². The number of primary amides is 1. The number of fused-ring (bicyclic) bond motifs is 2. The molecule has 3 rings (SSSR count). The van der Waals surface area contributed by atoms with Crippen molar-refractivity contribution in [2.75, 3.05) is 6.54 Å². The van der Waals surface area contributed by atoms with Crippen molar-refractivity contribution >= 4 is 11.8 Å². The normalized spacial score (nSPS) is 40.9. The molecule has 19 heavy (non-hydrogen) atoms. The average molecular weight is 266 g/mol. The number of amides is 2. The third kappa shape index (κ3) is 2.36. The summed E-state index contributed by atoms with van der Waals surface area (Å²) in [4.78, 5) is 25.2. The lowest BCUT2D eigenvalue weighted by Gasteiger charge is -2.26. The van der Waals surface area contributed by atoms with Crippen molar-refractivity contribution in [3.05, 3.63) is 0 Å². The molecule has 106 valence electrons. The van der Waals surface area contributed by atoms with Gasteiger partial charge < -0.3 is 15.7 Å². The van der Waals surface area contributed by atoms with Gasteiger partial charge in [0.2, 0.25) is 11.8 Å². The summed E-state index contributed by atoms with van der Waals surface area (Å²) in [5.74, 6) is 1.50. The molecule has 3 aliphatic rings. The van der Waals surface area contributed by atoms with E-state index in [0.717, 1.165) is 12.3 Å². The van der Waals surface area contributed by atoms with Gasteiger partial charge in [0, 0.05) is 19.4 Å². The molecule has 5 atom stereocenters. The Morgan fingerprint density at radius 1 is 1.21 bits per heavy atom. The second-order valence-electron chi connectivity index (χ2n) is 6.49. The van der Waals surface area contributed by atoms with Gasteiger partial charge in [-0.25, -0.2) is 0 Å². The zero-order chi connectivity index (χ0) is 13.6. The highest BCUT2D eigenvalue weighted by molar-refractivity contribution is 5.87. The number of carbonyl (C=O) groups is 2. The molecule has 5 nitrogen and oxygen atoms in total. The first-order valence-corrected chi connectivity index (χ1v) is 7.31. The Kier molecular flexibility index (Phi) is 3.25. The highest BCUT2D eigenvalue weighted by Gasteiger charge is 2.43. The largest absolute Gasteiger partial charge is 0.391 e. The van der Waals surface area contributed by atoms with Crippen molar-refractivity contribution in [2.24, 2.45) is 23.5 Å². The van der Waals surface area contributed by atoms with Crippen LogP contribution in [-0.4, -0.2) is 40.5 Å². The second-order valence-corrected chi connectivity index (χ2v) is 6.49. The van der Waals surface area contributed by atoms with Gasteiger partial charge in [-0.2, -0.15) is 0 Å². The number of carbonyl (C=O) groups excluding carboxylic acids is 2. The van der Waals surface area contributed by atoms with E-state index >= 15 is 0 Å². The van der Waals surface area contributed by atoms with Crippen LogP contribution in [0.25, 0.3) is 0 Å². The number of likely N-dealkylation sites (tertiary alicyclic amines) is 1. The molecule has 0 radical (unpaired) electrons.